The van der Waals surface area contributed by atoms with Crippen molar-refractivity contribution >= 4 is 17.7 Å². The van der Waals surface area contributed by atoms with Crippen molar-refractivity contribution in [2.24, 2.45) is 40.4 Å². The molecule has 4 aliphatic rings. The third-order valence-electron chi connectivity index (χ3n) is 10.1. The first-order valence-corrected chi connectivity index (χ1v) is 14.3. The van der Waals surface area contributed by atoms with Gasteiger partial charge in [-0.3, -0.25) is 9.78 Å². The van der Waals surface area contributed by atoms with Gasteiger partial charge >= 0.3 is 12.1 Å². The number of hydroxylamine groups is 1. The molecule has 0 saturated heterocycles. The largest absolute Gasteiger partial charge is 0.530 e. The van der Waals surface area contributed by atoms with Gasteiger partial charge in [0.2, 0.25) is 6.79 Å². The highest BCUT2D eigenvalue weighted by Crippen LogP contribution is 2.66. The fraction of sp³-hybridized carbons (Fsp3) is 0.645. The van der Waals surface area contributed by atoms with Crippen molar-refractivity contribution in [2.75, 3.05) is 13.3 Å². The lowest BCUT2D eigenvalue weighted by Crippen LogP contribution is -2.50. The number of nitrogens with zero attached hydrogens (tertiary/aromatic N) is 1. The molecule has 1 aromatic heterocycles. The van der Waals surface area contributed by atoms with E-state index in [9.17, 15) is 9.59 Å². The summed E-state index contributed by atoms with van der Waals surface area (Å²) in [5, 5.41) is 0. The van der Waals surface area contributed by atoms with E-state index in [0.717, 1.165) is 24.7 Å². The molecule has 7 heteroatoms. The number of allylic oxidation sites excluding steroid dienone is 3. The summed E-state index contributed by atoms with van der Waals surface area (Å²) in [6.45, 7) is 8.57. The van der Waals surface area contributed by atoms with E-state index in [2.05, 4.69) is 48.6 Å². The Morgan fingerprint density at radius 1 is 1.11 bits per heavy atom. The van der Waals surface area contributed by atoms with Gasteiger partial charge in [-0.05, 0) is 96.7 Å². The van der Waals surface area contributed by atoms with Crippen molar-refractivity contribution in [3.8, 4) is 0 Å². The molecule has 1 unspecified atom stereocenters. The molecule has 2 saturated carbocycles. The number of hydrogen-bond donors (Lipinski definition) is 1. The molecule has 1 N–H and O–H groups in total. The maximum atomic E-state index is 11.8. The zero-order chi connectivity index (χ0) is 26.9. The predicted molar refractivity (Wildman–Crippen MR) is 144 cm³/mol. The Kier molecular flexibility index (Phi) is 7.67. The summed E-state index contributed by atoms with van der Waals surface area (Å²) in [6, 6.07) is 4.28. The van der Waals surface area contributed by atoms with Crippen LogP contribution in [0, 0.1) is 40.4 Å². The molecular formula is C31H42N2O5. The van der Waals surface area contributed by atoms with Gasteiger partial charge in [-0.2, -0.15) is 0 Å². The van der Waals surface area contributed by atoms with E-state index in [0.29, 0.717) is 18.4 Å². The van der Waals surface area contributed by atoms with Gasteiger partial charge in [0.05, 0.1) is 5.92 Å². The van der Waals surface area contributed by atoms with Crippen molar-refractivity contribution in [1.82, 2.24) is 10.5 Å². The predicted octanol–water partition coefficient (Wildman–Crippen LogP) is 6.47. The van der Waals surface area contributed by atoms with Crippen molar-refractivity contribution in [3.63, 3.8) is 0 Å². The molecule has 0 spiro atoms. The van der Waals surface area contributed by atoms with E-state index in [1.807, 2.05) is 12.4 Å². The molecule has 1 aromatic rings. The number of fused-ring (bicyclic) bond motifs is 5. The Morgan fingerprint density at radius 3 is 2.68 bits per heavy atom. The summed E-state index contributed by atoms with van der Waals surface area (Å²) in [7, 11) is 0. The SMILES string of the molecule is CC(C)C(=O)OCOC(=O)ONCC1C=C2CC[C@H]3[C@H](CC[C@]4(C)C(c5cccnc5)=CC[C@@H]34)[C@@]2(C)CC1. The average molecular weight is 523 g/mol. The molecule has 0 aliphatic heterocycles. The first-order chi connectivity index (χ1) is 18.2. The van der Waals surface area contributed by atoms with Gasteiger partial charge in [0.1, 0.15) is 0 Å². The zero-order valence-electron chi connectivity index (χ0n) is 23.2. The lowest BCUT2D eigenvalue weighted by atomic mass is 9.46. The Balaban J connectivity index is 1.16. The number of aromatic nitrogens is 1. The molecule has 2 fully saturated rings. The number of pyridine rings is 1. The molecule has 1 heterocycles. The molecule has 206 valence electrons. The summed E-state index contributed by atoms with van der Waals surface area (Å²) in [5.74, 6) is 1.84. The molecular weight excluding hydrogens is 480 g/mol. The van der Waals surface area contributed by atoms with Crippen molar-refractivity contribution in [1.29, 1.82) is 0 Å². The monoisotopic (exact) mass is 522 g/mol. The van der Waals surface area contributed by atoms with E-state index in [4.69, 9.17) is 14.3 Å². The number of nitrogens with one attached hydrogen (secondary N) is 1. The lowest BCUT2D eigenvalue weighted by molar-refractivity contribution is -0.157. The maximum absolute atomic E-state index is 11.8. The number of carbonyl (C=O) groups excluding carboxylic acids is 2. The van der Waals surface area contributed by atoms with Gasteiger partial charge in [0, 0.05) is 18.9 Å². The molecule has 4 aliphatic carbocycles. The fourth-order valence-electron chi connectivity index (χ4n) is 8.04. The highest BCUT2D eigenvalue weighted by molar-refractivity contribution is 5.72. The summed E-state index contributed by atoms with van der Waals surface area (Å²) < 4.78 is 9.64. The molecule has 38 heavy (non-hydrogen) atoms. The Labute approximate surface area is 226 Å². The second kappa shape index (κ2) is 10.8. The normalized spacial score (nSPS) is 33.8. The molecule has 0 aromatic carbocycles. The van der Waals surface area contributed by atoms with Gasteiger partial charge in [-0.1, -0.05) is 51.5 Å². The van der Waals surface area contributed by atoms with Crippen LogP contribution < -0.4 is 5.48 Å². The minimum atomic E-state index is -0.892. The van der Waals surface area contributed by atoms with Gasteiger partial charge in [0.15, 0.2) is 0 Å². The smallest absolute Gasteiger partial charge is 0.427 e. The van der Waals surface area contributed by atoms with Gasteiger partial charge in [-0.15, -0.1) is 5.48 Å². The van der Waals surface area contributed by atoms with Crippen LogP contribution in [0.25, 0.3) is 5.57 Å². The first kappa shape index (κ1) is 26.9. The number of rotatable bonds is 7. The fourth-order valence-corrected chi connectivity index (χ4v) is 8.04. The van der Waals surface area contributed by atoms with Crippen LogP contribution in [0.1, 0.15) is 78.2 Å². The van der Waals surface area contributed by atoms with Gasteiger partial charge < -0.3 is 14.3 Å². The van der Waals surface area contributed by atoms with E-state index >= 15 is 0 Å². The quantitative estimate of drug-likeness (QED) is 0.190. The standard InChI is InChI=1S/C31H42N2O5/c1-20(2)28(34)36-19-37-29(35)38-33-17-21-11-13-30(3)23(16-21)7-8-24-26-10-9-25(22-6-5-15-32-18-22)31(26,4)14-12-27(24)30/h5-6,9,15-16,18,20-21,24,26-27,33H,7-8,10-14,17,19H2,1-4H3/t21?,24-,26+,27+,30+,31-/m1/s1. The van der Waals surface area contributed by atoms with Crippen molar-refractivity contribution in [2.45, 2.75) is 72.6 Å². The van der Waals surface area contributed by atoms with Crippen LogP contribution in [0.2, 0.25) is 0 Å². The third kappa shape index (κ3) is 5.02. The molecule has 0 bridgehead atoms. The first-order valence-electron chi connectivity index (χ1n) is 14.3. The van der Waals surface area contributed by atoms with Gasteiger partial charge in [0.25, 0.3) is 0 Å². The van der Waals surface area contributed by atoms with E-state index in [-0.39, 0.29) is 16.7 Å². The average Bonchev–Trinajstić information content (AvgIpc) is 3.26. The van der Waals surface area contributed by atoms with Crippen LogP contribution in [0.4, 0.5) is 4.79 Å². The minimum Gasteiger partial charge on any atom is -0.427 e. The van der Waals surface area contributed by atoms with Gasteiger partial charge in [-0.25, -0.2) is 4.79 Å². The Bertz CT molecular complexity index is 1100. The minimum absolute atomic E-state index is 0.252. The highest BCUT2D eigenvalue weighted by atomic mass is 16.8. The zero-order valence-corrected chi connectivity index (χ0v) is 23.2. The topological polar surface area (TPSA) is 86.8 Å². The maximum Gasteiger partial charge on any atom is 0.530 e. The van der Waals surface area contributed by atoms with E-state index in [1.165, 1.54) is 43.2 Å². The molecule has 7 nitrogen and oxygen atoms in total. The summed E-state index contributed by atoms with van der Waals surface area (Å²) >= 11 is 0. The van der Waals surface area contributed by atoms with Crippen LogP contribution in [-0.2, 0) is 19.1 Å². The molecule has 5 rings (SSSR count). The second-order valence-corrected chi connectivity index (χ2v) is 12.5. The Hall–Kier alpha value is -2.67. The summed E-state index contributed by atoms with van der Waals surface area (Å²) in [6.07, 6.45) is 16.4. The van der Waals surface area contributed by atoms with Crippen LogP contribution in [-0.4, -0.2) is 30.4 Å². The number of esters is 1. The van der Waals surface area contributed by atoms with Crippen LogP contribution in [0.15, 0.2) is 42.3 Å². The van der Waals surface area contributed by atoms with Crippen molar-refractivity contribution < 1.29 is 23.9 Å². The third-order valence-corrected chi connectivity index (χ3v) is 10.1. The van der Waals surface area contributed by atoms with Crippen LogP contribution >= 0.6 is 0 Å². The highest BCUT2D eigenvalue weighted by Gasteiger charge is 2.57. The van der Waals surface area contributed by atoms with Crippen LogP contribution in [0.5, 0.6) is 0 Å². The molecule has 6 atom stereocenters. The summed E-state index contributed by atoms with van der Waals surface area (Å²) in [4.78, 5) is 32.6. The number of ether oxygens (including phenoxy) is 2. The lowest BCUT2D eigenvalue weighted by Gasteiger charge is -2.58. The number of carbonyl (C=O) groups is 2. The van der Waals surface area contributed by atoms with Crippen LogP contribution in [0.3, 0.4) is 0 Å². The Morgan fingerprint density at radius 2 is 1.92 bits per heavy atom. The van der Waals surface area contributed by atoms with E-state index < -0.39 is 18.9 Å². The molecule has 0 amide bonds. The summed E-state index contributed by atoms with van der Waals surface area (Å²) in [5.41, 5.74) is 7.70. The molecule has 0 radical (unpaired) electrons. The van der Waals surface area contributed by atoms with E-state index in [1.54, 1.807) is 19.4 Å². The second-order valence-electron chi connectivity index (χ2n) is 12.5. The number of hydrogen-bond acceptors (Lipinski definition) is 7. The van der Waals surface area contributed by atoms with Crippen molar-refractivity contribution in [3.05, 3.63) is 47.8 Å².